The first kappa shape index (κ1) is 12.2. The molecule has 18 heavy (non-hydrogen) atoms. The molecule has 0 unspecified atom stereocenters. The summed E-state index contributed by atoms with van der Waals surface area (Å²) < 4.78 is 0. The van der Waals surface area contributed by atoms with E-state index in [4.69, 9.17) is 17.3 Å². The lowest BCUT2D eigenvalue weighted by Gasteiger charge is -2.07. The minimum absolute atomic E-state index is 0.105. The van der Waals surface area contributed by atoms with Gasteiger partial charge in [-0.1, -0.05) is 17.7 Å². The van der Waals surface area contributed by atoms with E-state index < -0.39 is 4.92 Å². The Morgan fingerprint density at radius 2 is 1.89 bits per heavy atom. The van der Waals surface area contributed by atoms with Crippen LogP contribution in [-0.4, -0.2) is 4.92 Å². The van der Waals surface area contributed by atoms with Crippen LogP contribution in [0.5, 0.6) is 0 Å². The average Bonchev–Trinajstić information content (AvgIpc) is 2.28. The van der Waals surface area contributed by atoms with E-state index >= 15 is 0 Å². The van der Waals surface area contributed by atoms with E-state index in [9.17, 15) is 10.1 Å². The third kappa shape index (κ3) is 2.70. The molecule has 0 aliphatic heterocycles. The van der Waals surface area contributed by atoms with Crippen molar-refractivity contribution in [1.82, 2.24) is 0 Å². The van der Waals surface area contributed by atoms with Crippen molar-refractivity contribution >= 4 is 34.4 Å². The molecule has 0 fully saturated rings. The zero-order chi connectivity index (χ0) is 13.1. The highest BCUT2D eigenvalue weighted by Crippen LogP contribution is 2.27. The molecule has 0 saturated heterocycles. The molecule has 5 nitrogen and oxygen atoms in total. The number of nitrogens with one attached hydrogen (secondary N) is 1. The maximum absolute atomic E-state index is 10.6. The predicted molar refractivity (Wildman–Crippen MR) is 72.2 cm³/mol. The van der Waals surface area contributed by atoms with Gasteiger partial charge >= 0.3 is 0 Å². The Hall–Kier alpha value is -2.27. The Balaban J connectivity index is 2.25. The van der Waals surface area contributed by atoms with Crippen LogP contribution in [0.15, 0.2) is 42.5 Å². The molecule has 0 saturated carbocycles. The summed E-state index contributed by atoms with van der Waals surface area (Å²) >= 11 is 5.86. The van der Waals surface area contributed by atoms with Crippen LogP contribution >= 0.6 is 11.6 Å². The highest BCUT2D eigenvalue weighted by molar-refractivity contribution is 6.30. The second-order valence-corrected chi connectivity index (χ2v) is 4.10. The highest BCUT2D eigenvalue weighted by atomic mass is 35.5. The Labute approximate surface area is 108 Å². The number of hydrogen-bond acceptors (Lipinski definition) is 4. The van der Waals surface area contributed by atoms with Crippen LogP contribution in [0.2, 0.25) is 5.02 Å². The lowest BCUT2D eigenvalue weighted by Crippen LogP contribution is -1.97. The van der Waals surface area contributed by atoms with Crippen LogP contribution in [0.3, 0.4) is 0 Å². The van der Waals surface area contributed by atoms with Gasteiger partial charge in [-0.2, -0.15) is 0 Å². The van der Waals surface area contributed by atoms with Crippen LogP contribution < -0.4 is 11.1 Å². The van der Waals surface area contributed by atoms with Crippen molar-refractivity contribution in [2.24, 2.45) is 0 Å². The van der Waals surface area contributed by atoms with Crippen molar-refractivity contribution in [1.29, 1.82) is 0 Å². The van der Waals surface area contributed by atoms with Crippen LogP contribution in [0, 0.1) is 10.1 Å². The van der Waals surface area contributed by atoms with Gasteiger partial charge in [0.1, 0.15) is 5.69 Å². The van der Waals surface area contributed by atoms with E-state index in [0.717, 1.165) is 5.69 Å². The second kappa shape index (κ2) is 4.93. The van der Waals surface area contributed by atoms with Gasteiger partial charge in [0.2, 0.25) is 0 Å². The zero-order valence-electron chi connectivity index (χ0n) is 9.26. The maximum Gasteiger partial charge on any atom is 0.292 e. The zero-order valence-corrected chi connectivity index (χ0v) is 10.0. The summed E-state index contributed by atoms with van der Waals surface area (Å²) in [5.41, 5.74) is 7.07. The molecule has 0 radical (unpaired) electrons. The number of benzene rings is 2. The largest absolute Gasteiger partial charge is 0.393 e. The molecule has 0 aromatic heterocycles. The van der Waals surface area contributed by atoms with Gasteiger partial charge in [-0.05, 0) is 30.3 Å². The first-order valence-corrected chi connectivity index (χ1v) is 5.50. The molecule has 0 aliphatic carbocycles. The maximum atomic E-state index is 10.6. The van der Waals surface area contributed by atoms with E-state index in [2.05, 4.69) is 5.32 Å². The standard InChI is InChI=1S/C12H10ClN3O2/c13-8-2-1-3-9(6-8)15-10-4-5-12(16(17)18)11(14)7-10/h1-7,15H,14H2. The predicted octanol–water partition coefficient (Wildman–Crippen LogP) is 3.57. The Kier molecular flexibility index (Phi) is 3.34. The fourth-order valence-electron chi connectivity index (χ4n) is 1.53. The molecular weight excluding hydrogens is 254 g/mol. The van der Waals surface area contributed by atoms with Gasteiger partial charge in [0.05, 0.1) is 4.92 Å². The summed E-state index contributed by atoms with van der Waals surface area (Å²) in [7, 11) is 0. The van der Waals surface area contributed by atoms with Gasteiger partial charge in [0.15, 0.2) is 0 Å². The lowest BCUT2D eigenvalue weighted by atomic mass is 10.2. The molecule has 2 aromatic rings. The van der Waals surface area contributed by atoms with E-state index in [1.54, 1.807) is 24.3 Å². The summed E-state index contributed by atoms with van der Waals surface area (Å²) in [6.07, 6.45) is 0. The summed E-state index contributed by atoms with van der Waals surface area (Å²) in [6, 6.07) is 11.6. The SMILES string of the molecule is Nc1cc(Nc2cccc(Cl)c2)ccc1[N+](=O)[O-]. The monoisotopic (exact) mass is 263 g/mol. The van der Waals surface area contributed by atoms with Gasteiger partial charge in [0, 0.05) is 22.5 Å². The number of halogens is 1. The number of nitrogens with two attached hydrogens (primary N) is 1. The molecule has 0 atom stereocenters. The molecule has 0 spiro atoms. The summed E-state index contributed by atoms with van der Waals surface area (Å²) in [5, 5.41) is 14.3. The third-order valence-electron chi connectivity index (χ3n) is 2.34. The lowest BCUT2D eigenvalue weighted by molar-refractivity contribution is -0.383. The quantitative estimate of drug-likeness (QED) is 0.504. The number of nitro benzene ring substituents is 1. The van der Waals surface area contributed by atoms with Crippen LogP contribution in [0.1, 0.15) is 0 Å². The smallest absolute Gasteiger partial charge is 0.292 e. The van der Waals surface area contributed by atoms with Gasteiger partial charge in [-0.25, -0.2) is 0 Å². The molecule has 0 aliphatic rings. The number of rotatable bonds is 3. The molecule has 0 heterocycles. The number of nitrogens with zero attached hydrogens (tertiary/aromatic N) is 1. The van der Waals surface area contributed by atoms with Crippen molar-refractivity contribution in [3.63, 3.8) is 0 Å². The first-order valence-electron chi connectivity index (χ1n) is 5.13. The van der Waals surface area contributed by atoms with Gasteiger partial charge in [0.25, 0.3) is 5.69 Å². The fourth-order valence-corrected chi connectivity index (χ4v) is 1.72. The summed E-state index contributed by atoms with van der Waals surface area (Å²) in [6.45, 7) is 0. The van der Waals surface area contributed by atoms with E-state index in [1.807, 2.05) is 6.07 Å². The number of hydrogen-bond donors (Lipinski definition) is 2. The number of anilines is 3. The molecule has 0 amide bonds. The first-order chi connectivity index (χ1) is 8.56. The van der Waals surface area contributed by atoms with Crippen LogP contribution in [0.4, 0.5) is 22.7 Å². The van der Waals surface area contributed by atoms with Crippen LogP contribution in [-0.2, 0) is 0 Å². The number of nitro groups is 1. The minimum atomic E-state index is -0.515. The molecule has 0 bridgehead atoms. The van der Waals surface area contributed by atoms with E-state index in [-0.39, 0.29) is 11.4 Å². The highest BCUT2D eigenvalue weighted by Gasteiger charge is 2.10. The second-order valence-electron chi connectivity index (χ2n) is 3.67. The molecule has 6 heteroatoms. The minimum Gasteiger partial charge on any atom is -0.393 e. The molecule has 2 aromatic carbocycles. The van der Waals surface area contributed by atoms with E-state index in [0.29, 0.717) is 10.7 Å². The Bertz CT molecular complexity index is 602. The van der Waals surface area contributed by atoms with Crippen molar-refractivity contribution in [2.75, 3.05) is 11.1 Å². The van der Waals surface area contributed by atoms with Gasteiger partial charge in [-0.15, -0.1) is 0 Å². The summed E-state index contributed by atoms with van der Waals surface area (Å²) in [5.74, 6) is 0. The van der Waals surface area contributed by atoms with Crippen molar-refractivity contribution in [3.8, 4) is 0 Å². The average molecular weight is 264 g/mol. The van der Waals surface area contributed by atoms with Gasteiger partial charge < -0.3 is 11.1 Å². The van der Waals surface area contributed by atoms with Crippen LogP contribution in [0.25, 0.3) is 0 Å². The third-order valence-corrected chi connectivity index (χ3v) is 2.57. The van der Waals surface area contributed by atoms with E-state index in [1.165, 1.54) is 12.1 Å². The van der Waals surface area contributed by atoms with Gasteiger partial charge in [-0.3, -0.25) is 10.1 Å². The molecule has 3 N–H and O–H groups in total. The molecule has 2 rings (SSSR count). The van der Waals surface area contributed by atoms with Crippen molar-refractivity contribution < 1.29 is 4.92 Å². The van der Waals surface area contributed by atoms with Crippen molar-refractivity contribution in [2.45, 2.75) is 0 Å². The normalized spacial score (nSPS) is 10.1. The fraction of sp³-hybridized carbons (Fsp3) is 0. The summed E-state index contributed by atoms with van der Waals surface area (Å²) in [4.78, 5) is 10.1. The Morgan fingerprint density at radius 1 is 1.17 bits per heavy atom. The Morgan fingerprint density at radius 3 is 2.50 bits per heavy atom. The number of nitrogen functional groups attached to an aromatic ring is 1. The molecule has 92 valence electrons. The van der Waals surface area contributed by atoms with Crippen molar-refractivity contribution in [3.05, 3.63) is 57.6 Å². The topological polar surface area (TPSA) is 81.2 Å². The molecular formula is C12H10ClN3O2.